The molecule has 0 saturated carbocycles. The summed E-state index contributed by atoms with van der Waals surface area (Å²) in [5, 5.41) is 19.3. The van der Waals surface area contributed by atoms with Crippen LogP contribution in [-0.4, -0.2) is 0 Å². The van der Waals surface area contributed by atoms with E-state index in [1.807, 2.05) is 6.08 Å². The number of hydrogen-bond donors (Lipinski definition) is 0. The van der Waals surface area contributed by atoms with Crippen LogP contribution in [0.2, 0.25) is 0 Å². The van der Waals surface area contributed by atoms with E-state index in [0.717, 1.165) is 11.1 Å². The lowest BCUT2D eigenvalue weighted by Gasteiger charge is -2.49. The number of rotatable bonds is 0. The fourth-order valence-electron chi connectivity index (χ4n) is 3.65. The first-order valence-corrected chi connectivity index (χ1v) is 6.81. The highest BCUT2D eigenvalue weighted by Gasteiger charge is 2.51. The first-order chi connectivity index (χ1) is 9.45. The number of nitriles is 2. The van der Waals surface area contributed by atoms with Gasteiger partial charge in [-0.05, 0) is 11.0 Å². The summed E-state index contributed by atoms with van der Waals surface area (Å²) in [5.74, 6) is 0.113. The van der Waals surface area contributed by atoms with Gasteiger partial charge in [-0.3, -0.25) is 0 Å². The molecular formula is C18H16N2. The van der Waals surface area contributed by atoms with Crippen molar-refractivity contribution in [3.63, 3.8) is 0 Å². The number of nitrogens with zero attached hydrogens (tertiary/aromatic N) is 2. The van der Waals surface area contributed by atoms with Crippen LogP contribution in [0.5, 0.6) is 0 Å². The molecule has 0 spiro atoms. The molecule has 0 N–H and O–H groups in total. The van der Waals surface area contributed by atoms with Crippen molar-refractivity contribution in [1.29, 1.82) is 10.5 Å². The van der Waals surface area contributed by atoms with Crippen LogP contribution in [-0.2, 0) is 0 Å². The molecule has 0 aliphatic heterocycles. The molecule has 0 aromatic heterocycles. The van der Waals surface area contributed by atoms with E-state index in [-0.39, 0.29) is 11.3 Å². The van der Waals surface area contributed by atoms with Crippen LogP contribution in [0.25, 0.3) is 0 Å². The van der Waals surface area contributed by atoms with Crippen LogP contribution in [0.15, 0.2) is 58.7 Å². The van der Waals surface area contributed by atoms with Crippen molar-refractivity contribution in [3.8, 4) is 12.1 Å². The lowest BCUT2D eigenvalue weighted by atomic mass is 9.52. The van der Waals surface area contributed by atoms with E-state index < -0.39 is 5.41 Å². The lowest BCUT2D eigenvalue weighted by Crippen LogP contribution is -2.44. The standard InChI is InChI=1S/C18H16N2/c1-17(2,3)18-9-8-14(15(10-19)16(18)11-20)12-4-6-13(18)7-5-12/h4-9,13H,1-3H3. The summed E-state index contributed by atoms with van der Waals surface area (Å²) in [5.41, 5.74) is 2.43. The molecule has 0 aromatic carbocycles. The average Bonchev–Trinajstić information content (AvgIpc) is 2.40. The maximum atomic E-state index is 9.72. The van der Waals surface area contributed by atoms with Crippen LogP contribution in [0, 0.1) is 39.4 Å². The smallest absolute Gasteiger partial charge is 0.101 e. The molecule has 2 nitrogen and oxygen atoms in total. The van der Waals surface area contributed by atoms with Gasteiger partial charge in [0.15, 0.2) is 0 Å². The summed E-state index contributed by atoms with van der Waals surface area (Å²) in [4.78, 5) is 0. The maximum absolute atomic E-state index is 9.72. The first-order valence-electron chi connectivity index (χ1n) is 6.81. The molecule has 0 radical (unpaired) electrons. The molecule has 4 bridgehead atoms. The predicted molar refractivity (Wildman–Crippen MR) is 78.1 cm³/mol. The SMILES string of the molecule is CC(C)(C)C12C=CC(=C3C=CC1C=C3)C(C#N)=C2C#N. The van der Waals surface area contributed by atoms with Crippen molar-refractivity contribution in [1.82, 2.24) is 0 Å². The summed E-state index contributed by atoms with van der Waals surface area (Å²) in [6, 6.07) is 4.61. The Hall–Kier alpha value is -2.32. The molecule has 0 amide bonds. The monoisotopic (exact) mass is 260 g/mol. The van der Waals surface area contributed by atoms with Gasteiger partial charge in [0.1, 0.15) is 6.07 Å². The van der Waals surface area contributed by atoms with Gasteiger partial charge in [0, 0.05) is 16.9 Å². The minimum atomic E-state index is -0.449. The van der Waals surface area contributed by atoms with E-state index in [1.54, 1.807) is 0 Å². The number of hydrogen-bond acceptors (Lipinski definition) is 2. The van der Waals surface area contributed by atoms with E-state index in [1.165, 1.54) is 0 Å². The minimum Gasteiger partial charge on any atom is -0.193 e. The molecule has 1 atom stereocenters. The molecular weight excluding hydrogens is 244 g/mol. The second-order valence-corrected chi connectivity index (χ2v) is 6.54. The molecule has 1 unspecified atom stereocenters. The zero-order valence-corrected chi connectivity index (χ0v) is 11.9. The third kappa shape index (κ3) is 1.32. The highest BCUT2D eigenvalue weighted by Crippen LogP contribution is 2.58. The minimum absolute atomic E-state index is 0.113. The fraction of sp³-hybridized carbons (Fsp3) is 0.333. The van der Waals surface area contributed by atoms with Crippen molar-refractivity contribution in [3.05, 3.63) is 58.7 Å². The van der Waals surface area contributed by atoms with E-state index in [0.29, 0.717) is 11.1 Å². The van der Waals surface area contributed by atoms with Crippen molar-refractivity contribution < 1.29 is 0 Å². The topological polar surface area (TPSA) is 47.6 Å². The Balaban J connectivity index is 2.48. The summed E-state index contributed by atoms with van der Waals surface area (Å²) in [6.45, 7) is 6.41. The van der Waals surface area contributed by atoms with E-state index in [4.69, 9.17) is 0 Å². The molecule has 6 aliphatic carbocycles. The molecule has 0 aromatic rings. The largest absolute Gasteiger partial charge is 0.193 e. The molecule has 2 heteroatoms. The summed E-state index contributed by atoms with van der Waals surface area (Å²) >= 11 is 0. The van der Waals surface area contributed by atoms with Crippen molar-refractivity contribution >= 4 is 0 Å². The third-order valence-corrected chi connectivity index (χ3v) is 4.71. The Morgan fingerprint density at radius 3 is 2.20 bits per heavy atom. The Morgan fingerprint density at radius 1 is 1.05 bits per heavy atom. The molecule has 98 valence electrons. The van der Waals surface area contributed by atoms with Crippen LogP contribution in [0.1, 0.15) is 20.8 Å². The second kappa shape index (κ2) is 3.84. The van der Waals surface area contributed by atoms with Gasteiger partial charge in [-0.1, -0.05) is 57.2 Å². The van der Waals surface area contributed by atoms with Gasteiger partial charge in [-0.2, -0.15) is 10.5 Å². The van der Waals surface area contributed by atoms with Gasteiger partial charge >= 0.3 is 0 Å². The normalized spacial score (nSPS) is 30.4. The van der Waals surface area contributed by atoms with E-state index in [9.17, 15) is 10.5 Å². The Labute approximate surface area is 119 Å². The highest BCUT2D eigenvalue weighted by atomic mass is 14.5. The van der Waals surface area contributed by atoms with Crippen LogP contribution < -0.4 is 0 Å². The lowest BCUT2D eigenvalue weighted by molar-refractivity contribution is 0.158. The molecule has 0 fully saturated rings. The molecule has 6 aliphatic rings. The summed E-state index contributed by atoms with van der Waals surface area (Å²) in [7, 11) is 0. The third-order valence-electron chi connectivity index (χ3n) is 4.71. The molecule has 0 saturated heterocycles. The van der Waals surface area contributed by atoms with Gasteiger partial charge in [-0.25, -0.2) is 0 Å². The highest BCUT2D eigenvalue weighted by molar-refractivity contribution is 5.69. The van der Waals surface area contributed by atoms with Crippen LogP contribution in [0.4, 0.5) is 0 Å². The van der Waals surface area contributed by atoms with Gasteiger partial charge in [0.2, 0.25) is 0 Å². The van der Waals surface area contributed by atoms with Gasteiger partial charge < -0.3 is 0 Å². The van der Waals surface area contributed by atoms with Crippen molar-refractivity contribution in [2.24, 2.45) is 16.7 Å². The van der Waals surface area contributed by atoms with Gasteiger partial charge in [0.25, 0.3) is 0 Å². The second-order valence-electron chi connectivity index (χ2n) is 6.54. The molecule has 20 heavy (non-hydrogen) atoms. The first kappa shape index (κ1) is 12.7. The summed E-state index contributed by atoms with van der Waals surface area (Å²) in [6.07, 6.45) is 12.6. The van der Waals surface area contributed by atoms with Crippen molar-refractivity contribution in [2.75, 3.05) is 0 Å². The zero-order valence-electron chi connectivity index (χ0n) is 11.9. The molecule has 0 heterocycles. The quantitative estimate of drug-likeness (QED) is 0.661. The predicted octanol–water partition coefficient (Wildman–Crippen LogP) is 3.98. The Kier molecular flexibility index (Phi) is 2.44. The van der Waals surface area contributed by atoms with Crippen molar-refractivity contribution in [2.45, 2.75) is 20.8 Å². The van der Waals surface area contributed by atoms with Crippen LogP contribution in [0.3, 0.4) is 0 Å². The Morgan fingerprint density at radius 2 is 1.70 bits per heavy atom. The number of allylic oxidation sites excluding steroid dienone is 10. The summed E-state index contributed by atoms with van der Waals surface area (Å²) < 4.78 is 0. The van der Waals surface area contributed by atoms with Gasteiger partial charge in [0.05, 0.1) is 17.2 Å². The van der Waals surface area contributed by atoms with Crippen LogP contribution >= 0.6 is 0 Å². The van der Waals surface area contributed by atoms with Gasteiger partial charge in [-0.15, -0.1) is 0 Å². The van der Waals surface area contributed by atoms with E-state index >= 15 is 0 Å². The van der Waals surface area contributed by atoms with E-state index in [2.05, 4.69) is 63.3 Å². The zero-order chi connectivity index (χ0) is 14.5. The Bertz CT molecular complexity index is 705. The maximum Gasteiger partial charge on any atom is 0.101 e. The fourth-order valence-corrected chi connectivity index (χ4v) is 3.65. The average molecular weight is 260 g/mol. The molecule has 6 rings (SSSR count).